The minimum atomic E-state index is -0.604. The van der Waals surface area contributed by atoms with Crippen LogP contribution >= 0.6 is 0 Å². The highest BCUT2D eigenvalue weighted by molar-refractivity contribution is 5.56. The van der Waals surface area contributed by atoms with E-state index in [1.165, 1.54) is 0 Å². The van der Waals surface area contributed by atoms with Crippen molar-refractivity contribution in [3.05, 3.63) is 22.8 Å². The minimum Gasteiger partial charge on any atom is -0.507 e. The second kappa shape index (κ2) is 5.06. The predicted octanol–water partition coefficient (Wildman–Crippen LogP) is 3.12. The van der Waals surface area contributed by atoms with Crippen LogP contribution in [0, 0.1) is 13.8 Å². The molecule has 0 atom stereocenters. The van der Waals surface area contributed by atoms with E-state index >= 15 is 0 Å². The third-order valence-corrected chi connectivity index (χ3v) is 4.08. The maximum Gasteiger partial charge on any atom is 0.235 e. The standard InChI is InChI=1S/C15H19NO3/c1-10-8-12(19-3)11(2)14(18)13(10)15(16-9-17)6-4-5-7-15/h8,18H,4-7H2,1-3H3. The van der Waals surface area contributed by atoms with E-state index in [1.807, 2.05) is 19.9 Å². The molecule has 1 aromatic rings. The van der Waals surface area contributed by atoms with Gasteiger partial charge in [-0.25, -0.2) is 4.79 Å². The maximum atomic E-state index is 10.8. The Bertz CT molecular complexity index is 539. The second-order valence-corrected chi connectivity index (χ2v) is 5.19. The van der Waals surface area contributed by atoms with Crippen LogP contribution in [0.1, 0.15) is 42.4 Å². The number of aliphatic imine (C=N–C) groups is 1. The lowest BCUT2D eigenvalue weighted by molar-refractivity contribution is 0.384. The molecule has 102 valence electrons. The molecule has 0 amide bonds. The Morgan fingerprint density at radius 1 is 1.37 bits per heavy atom. The van der Waals surface area contributed by atoms with E-state index in [0.29, 0.717) is 11.3 Å². The topological polar surface area (TPSA) is 58.9 Å². The number of ether oxygens (including phenoxy) is 1. The van der Waals surface area contributed by atoms with Crippen molar-refractivity contribution in [2.75, 3.05) is 7.11 Å². The molecule has 1 saturated carbocycles. The van der Waals surface area contributed by atoms with Gasteiger partial charge in [-0.1, -0.05) is 12.8 Å². The summed E-state index contributed by atoms with van der Waals surface area (Å²) in [5.74, 6) is 0.847. The monoisotopic (exact) mass is 261 g/mol. The molecule has 0 unspecified atom stereocenters. The first-order valence-electron chi connectivity index (χ1n) is 6.52. The van der Waals surface area contributed by atoms with E-state index in [4.69, 9.17) is 4.74 Å². The van der Waals surface area contributed by atoms with Crippen LogP contribution in [0.2, 0.25) is 0 Å². The zero-order chi connectivity index (χ0) is 14.0. The van der Waals surface area contributed by atoms with Crippen LogP contribution in [0.4, 0.5) is 0 Å². The van der Waals surface area contributed by atoms with Crippen LogP contribution in [0.25, 0.3) is 0 Å². The molecule has 0 heterocycles. The van der Waals surface area contributed by atoms with Crippen molar-refractivity contribution in [2.45, 2.75) is 45.1 Å². The summed E-state index contributed by atoms with van der Waals surface area (Å²) in [6.45, 7) is 3.72. The van der Waals surface area contributed by atoms with Crippen molar-refractivity contribution in [1.82, 2.24) is 0 Å². The molecule has 0 saturated heterocycles. The van der Waals surface area contributed by atoms with Gasteiger partial charge in [0.15, 0.2) is 0 Å². The van der Waals surface area contributed by atoms with Gasteiger partial charge in [0.05, 0.1) is 7.11 Å². The zero-order valence-electron chi connectivity index (χ0n) is 11.6. The number of hydrogen-bond donors (Lipinski definition) is 1. The van der Waals surface area contributed by atoms with E-state index in [2.05, 4.69) is 4.99 Å². The van der Waals surface area contributed by atoms with Gasteiger partial charge in [0.2, 0.25) is 6.08 Å². The maximum absolute atomic E-state index is 10.8. The molecule has 4 nitrogen and oxygen atoms in total. The molecule has 1 fully saturated rings. The Hall–Kier alpha value is -1.80. The lowest BCUT2D eigenvalue weighted by Gasteiger charge is -2.27. The Labute approximate surface area is 113 Å². The summed E-state index contributed by atoms with van der Waals surface area (Å²) < 4.78 is 5.25. The van der Waals surface area contributed by atoms with Crippen molar-refractivity contribution in [1.29, 1.82) is 0 Å². The summed E-state index contributed by atoms with van der Waals surface area (Å²) in [5, 5.41) is 10.5. The molecule has 1 aliphatic rings. The van der Waals surface area contributed by atoms with Crippen molar-refractivity contribution in [3.63, 3.8) is 0 Å². The quantitative estimate of drug-likeness (QED) is 0.671. The number of phenols is 1. The number of rotatable bonds is 3. The molecular formula is C15H19NO3. The highest BCUT2D eigenvalue weighted by atomic mass is 16.5. The van der Waals surface area contributed by atoms with Crippen molar-refractivity contribution in [2.24, 2.45) is 4.99 Å². The Balaban J connectivity index is 2.67. The zero-order valence-corrected chi connectivity index (χ0v) is 11.6. The van der Waals surface area contributed by atoms with Crippen LogP contribution < -0.4 is 4.74 Å². The van der Waals surface area contributed by atoms with E-state index in [0.717, 1.165) is 36.8 Å². The third kappa shape index (κ3) is 2.13. The van der Waals surface area contributed by atoms with Gasteiger partial charge in [-0.2, -0.15) is 4.99 Å². The number of aromatic hydroxyl groups is 1. The van der Waals surface area contributed by atoms with Gasteiger partial charge < -0.3 is 9.84 Å². The van der Waals surface area contributed by atoms with Crippen molar-refractivity contribution in [3.8, 4) is 11.5 Å². The number of methoxy groups -OCH3 is 1. The van der Waals surface area contributed by atoms with E-state index < -0.39 is 5.54 Å². The number of nitrogens with zero attached hydrogens (tertiary/aromatic N) is 1. The predicted molar refractivity (Wildman–Crippen MR) is 72.4 cm³/mol. The summed E-state index contributed by atoms with van der Waals surface area (Å²) in [6, 6.07) is 1.89. The third-order valence-electron chi connectivity index (χ3n) is 4.08. The number of phenolic OH excluding ortho intramolecular Hbond substituents is 1. The molecule has 0 radical (unpaired) electrons. The lowest BCUT2D eigenvalue weighted by atomic mass is 9.83. The summed E-state index contributed by atoms with van der Waals surface area (Å²) in [7, 11) is 1.58. The van der Waals surface area contributed by atoms with Crippen LogP contribution in [-0.2, 0) is 10.3 Å². The van der Waals surface area contributed by atoms with Gasteiger partial charge in [0.25, 0.3) is 0 Å². The van der Waals surface area contributed by atoms with Crippen molar-refractivity contribution >= 4 is 6.08 Å². The molecule has 0 bridgehead atoms. The summed E-state index contributed by atoms with van der Waals surface area (Å²) in [4.78, 5) is 14.8. The molecule has 4 heteroatoms. The van der Waals surface area contributed by atoms with Gasteiger partial charge in [0, 0.05) is 11.1 Å². The van der Waals surface area contributed by atoms with E-state index in [-0.39, 0.29) is 5.75 Å². The lowest BCUT2D eigenvalue weighted by Crippen LogP contribution is -2.21. The summed E-state index contributed by atoms with van der Waals surface area (Å²) >= 11 is 0. The summed E-state index contributed by atoms with van der Waals surface area (Å²) in [5.41, 5.74) is 1.75. The average Bonchev–Trinajstić information content (AvgIpc) is 2.83. The molecule has 1 N–H and O–H groups in total. The van der Waals surface area contributed by atoms with Crippen LogP contribution in [0.5, 0.6) is 11.5 Å². The second-order valence-electron chi connectivity index (χ2n) is 5.19. The van der Waals surface area contributed by atoms with Crippen LogP contribution in [-0.4, -0.2) is 18.3 Å². The van der Waals surface area contributed by atoms with Crippen LogP contribution in [0.3, 0.4) is 0 Å². The molecule has 1 aromatic carbocycles. The smallest absolute Gasteiger partial charge is 0.235 e. The largest absolute Gasteiger partial charge is 0.507 e. The van der Waals surface area contributed by atoms with Gasteiger partial charge in [-0.05, 0) is 38.3 Å². The normalized spacial score (nSPS) is 17.0. The molecule has 2 rings (SSSR count). The average molecular weight is 261 g/mol. The first-order valence-corrected chi connectivity index (χ1v) is 6.52. The highest BCUT2D eigenvalue weighted by Crippen LogP contribution is 2.49. The Kier molecular flexibility index (Phi) is 3.63. The van der Waals surface area contributed by atoms with Crippen molar-refractivity contribution < 1.29 is 14.6 Å². The van der Waals surface area contributed by atoms with Gasteiger partial charge in [0.1, 0.15) is 17.0 Å². The van der Waals surface area contributed by atoms with E-state index in [1.54, 1.807) is 13.2 Å². The van der Waals surface area contributed by atoms with Gasteiger partial charge in [-0.3, -0.25) is 0 Å². The fourth-order valence-electron chi connectivity index (χ4n) is 3.13. The molecular weight excluding hydrogens is 242 g/mol. The first-order chi connectivity index (χ1) is 9.05. The molecule has 1 aliphatic carbocycles. The van der Waals surface area contributed by atoms with Crippen LogP contribution in [0.15, 0.2) is 11.1 Å². The first kappa shape index (κ1) is 13.6. The summed E-state index contributed by atoms with van der Waals surface area (Å²) in [6.07, 6.45) is 5.26. The number of aryl methyl sites for hydroxylation is 1. The minimum absolute atomic E-state index is 0.192. The van der Waals surface area contributed by atoms with Gasteiger partial charge in [-0.15, -0.1) is 0 Å². The molecule has 19 heavy (non-hydrogen) atoms. The Morgan fingerprint density at radius 3 is 2.53 bits per heavy atom. The molecule has 0 spiro atoms. The molecule has 0 aliphatic heterocycles. The fraction of sp³-hybridized carbons (Fsp3) is 0.533. The number of hydrogen-bond acceptors (Lipinski definition) is 4. The number of isocyanates is 1. The number of carbonyl (C=O) groups excluding carboxylic acids is 1. The fourth-order valence-corrected chi connectivity index (χ4v) is 3.13. The van der Waals surface area contributed by atoms with Gasteiger partial charge >= 0.3 is 0 Å². The number of benzene rings is 1. The SMILES string of the molecule is COc1cc(C)c(C2(N=C=O)CCCC2)c(O)c1C. The Morgan fingerprint density at radius 2 is 2.00 bits per heavy atom. The molecule has 0 aromatic heterocycles. The van der Waals surface area contributed by atoms with E-state index in [9.17, 15) is 9.90 Å². The highest BCUT2D eigenvalue weighted by Gasteiger charge is 2.39.